The maximum absolute atomic E-state index is 11.6. The van der Waals surface area contributed by atoms with Crippen LogP contribution < -0.4 is 4.74 Å². The van der Waals surface area contributed by atoms with Crippen molar-refractivity contribution in [3.8, 4) is 16.9 Å². The Hall–Kier alpha value is -2.34. The van der Waals surface area contributed by atoms with E-state index in [9.17, 15) is 13.0 Å². The van der Waals surface area contributed by atoms with E-state index in [-0.39, 0.29) is 11.0 Å². The zero-order chi connectivity index (χ0) is 21.6. The van der Waals surface area contributed by atoms with Crippen LogP contribution in [-0.2, 0) is 23.0 Å². The molecule has 1 aliphatic heterocycles. The zero-order valence-electron chi connectivity index (χ0n) is 17.1. The molecule has 0 saturated carbocycles. The van der Waals surface area contributed by atoms with Gasteiger partial charge in [-0.25, -0.2) is 0 Å². The van der Waals surface area contributed by atoms with Crippen LogP contribution in [0.5, 0.6) is 5.75 Å². The number of halogens is 1. The second kappa shape index (κ2) is 7.73. The molecule has 6 heteroatoms. The Bertz CT molecular complexity index is 1230. The Morgan fingerprint density at radius 3 is 2.40 bits per heavy atom. The maximum Gasteiger partial charge on any atom is 0.294 e. The van der Waals surface area contributed by atoms with Crippen LogP contribution in [0.3, 0.4) is 0 Å². The third kappa shape index (κ3) is 3.85. The molecule has 3 aromatic carbocycles. The minimum atomic E-state index is -4.26. The number of aryl methyl sites for hydroxylation is 2. The topological polar surface area (TPSA) is 63.6 Å². The van der Waals surface area contributed by atoms with Crippen LogP contribution in [-0.4, -0.2) is 19.1 Å². The Kier molecular flexibility index (Phi) is 5.39. The van der Waals surface area contributed by atoms with Gasteiger partial charge in [0, 0.05) is 23.4 Å². The molecule has 0 aromatic heterocycles. The summed E-state index contributed by atoms with van der Waals surface area (Å²) < 4.78 is 39.1. The van der Waals surface area contributed by atoms with Crippen molar-refractivity contribution >= 4 is 21.7 Å². The van der Waals surface area contributed by atoms with Crippen molar-refractivity contribution in [3.05, 3.63) is 81.4 Å². The second-order valence-corrected chi connectivity index (χ2v) is 9.70. The fraction of sp³-hybridized carbons (Fsp3) is 0.250. The molecular weight excluding hydrogens is 420 g/mol. The van der Waals surface area contributed by atoms with Crippen molar-refractivity contribution in [1.82, 2.24) is 0 Å². The molecule has 4 nitrogen and oxygen atoms in total. The smallest absolute Gasteiger partial charge is 0.294 e. The molecule has 0 spiro atoms. The molecule has 0 bridgehead atoms. The molecule has 1 aliphatic rings. The van der Waals surface area contributed by atoms with Gasteiger partial charge in [-0.2, -0.15) is 8.42 Å². The third-order valence-electron chi connectivity index (χ3n) is 5.73. The maximum atomic E-state index is 11.6. The van der Waals surface area contributed by atoms with E-state index < -0.39 is 10.1 Å². The largest absolute Gasteiger partial charge is 0.489 e. The van der Waals surface area contributed by atoms with Gasteiger partial charge in [-0.05, 0) is 72.4 Å². The van der Waals surface area contributed by atoms with Gasteiger partial charge in [0.05, 0.1) is 4.90 Å². The van der Waals surface area contributed by atoms with Crippen molar-refractivity contribution < 1.29 is 17.7 Å². The first kappa shape index (κ1) is 20.9. The molecule has 3 aromatic rings. The highest BCUT2D eigenvalue weighted by molar-refractivity contribution is 7.85. The predicted molar refractivity (Wildman–Crippen MR) is 119 cm³/mol. The van der Waals surface area contributed by atoms with E-state index in [0.29, 0.717) is 23.4 Å². The Labute approximate surface area is 182 Å². The lowest BCUT2D eigenvalue weighted by Crippen LogP contribution is -2.17. The molecule has 30 heavy (non-hydrogen) atoms. The summed E-state index contributed by atoms with van der Waals surface area (Å²) in [6.45, 7) is 5.86. The molecule has 156 valence electrons. The van der Waals surface area contributed by atoms with Crippen molar-refractivity contribution in [1.29, 1.82) is 0 Å². The van der Waals surface area contributed by atoms with Crippen molar-refractivity contribution in [2.45, 2.75) is 44.6 Å². The quantitative estimate of drug-likeness (QED) is 0.524. The SMILES string of the molecule is Cc1cccc(C)c1-c1cc(Cl)cc2c1OC(Cc1cccc(S(=O)(=O)O)c1C)C2. The van der Waals surface area contributed by atoms with Crippen LogP contribution >= 0.6 is 11.6 Å². The van der Waals surface area contributed by atoms with Crippen molar-refractivity contribution in [3.63, 3.8) is 0 Å². The normalized spacial score (nSPS) is 15.7. The summed E-state index contributed by atoms with van der Waals surface area (Å²) in [6, 6.07) is 15.0. The van der Waals surface area contributed by atoms with Gasteiger partial charge in [-0.3, -0.25) is 4.55 Å². The highest BCUT2D eigenvalue weighted by Gasteiger charge is 2.28. The minimum absolute atomic E-state index is 0.0604. The molecule has 0 amide bonds. The lowest BCUT2D eigenvalue weighted by molar-refractivity contribution is 0.233. The Morgan fingerprint density at radius 2 is 1.73 bits per heavy atom. The minimum Gasteiger partial charge on any atom is -0.489 e. The first-order valence-electron chi connectivity index (χ1n) is 9.77. The molecule has 1 atom stereocenters. The molecule has 0 aliphatic carbocycles. The van der Waals surface area contributed by atoms with Gasteiger partial charge in [0.25, 0.3) is 10.1 Å². The van der Waals surface area contributed by atoms with Crippen LogP contribution in [0, 0.1) is 20.8 Å². The van der Waals surface area contributed by atoms with Gasteiger partial charge in [-0.1, -0.05) is 41.9 Å². The van der Waals surface area contributed by atoms with Crippen LogP contribution in [0.15, 0.2) is 53.4 Å². The van der Waals surface area contributed by atoms with Crippen LogP contribution in [0.2, 0.25) is 5.02 Å². The molecule has 1 unspecified atom stereocenters. The number of ether oxygens (including phenoxy) is 1. The molecular formula is C24H23ClO4S. The highest BCUT2D eigenvalue weighted by atomic mass is 35.5. The Morgan fingerprint density at radius 1 is 1.07 bits per heavy atom. The van der Waals surface area contributed by atoms with Crippen molar-refractivity contribution in [2.24, 2.45) is 0 Å². The van der Waals surface area contributed by atoms with Crippen LogP contribution in [0.1, 0.15) is 27.8 Å². The summed E-state index contributed by atoms with van der Waals surface area (Å²) in [4.78, 5) is -0.0604. The fourth-order valence-corrected chi connectivity index (χ4v) is 5.35. The van der Waals surface area contributed by atoms with Crippen molar-refractivity contribution in [2.75, 3.05) is 0 Å². The number of rotatable bonds is 4. The number of hydrogen-bond donors (Lipinski definition) is 1. The lowest BCUT2D eigenvalue weighted by Gasteiger charge is -2.17. The Balaban J connectivity index is 1.70. The average Bonchev–Trinajstić information content (AvgIpc) is 3.04. The van der Waals surface area contributed by atoms with Gasteiger partial charge >= 0.3 is 0 Å². The number of fused-ring (bicyclic) bond motifs is 1. The summed E-state index contributed by atoms with van der Waals surface area (Å²) in [6.07, 6.45) is 1.08. The van der Waals surface area contributed by atoms with Crippen LogP contribution in [0.25, 0.3) is 11.1 Å². The van der Waals surface area contributed by atoms with E-state index in [0.717, 1.165) is 39.1 Å². The van der Waals surface area contributed by atoms with E-state index in [2.05, 4.69) is 26.0 Å². The van der Waals surface area contributed by atoms with Gasteiger partial charge < -0.3 is 4.74 Å². The van der Waals surface area contributed by atoms with Gasteiger partial charge in [0.1, 0.15) is 11.9 Å². The van der Waals surface area contributed by atoms with E-state index in [1.54, 1.807) is 13.0 Å². The molecule has 0 fully saturated rings. The molecule has 0 radical (unpaired) electrons. The summed E-state index contributed by atoms with van der Waals surface area (Å²) in [7, 11) is -4.26. The average molecular weight is 443 g/mol. The second-order valence-electron chi connectivity index (χ2n) is 7.87. The van der Waals surface area contributed by atoms with Gasteiger partial charge in [0.2, 0.25) is 0 Å². The zero-order valence-corrected chi connectivity index (χ0v) is 18.6. The number of hydrogen-bond acceptors (Lipinski definition) is 3. The first-order chi connectivity index (χ1) is 14.1. The third-order valence-corrected chi connectivity index (χ3v) is 6.95. The van der Waals surface area contributed by atoms with Crippen LogP contribution in [0.4, 0.5) is 0 Å². The summed E-state index contributed by atoms with van der Waals surface area (Å²) in [5.41, 5.74) is 6.86. The highest BCUT2D eigenvalue weighted by Crippen LogP contribution is 2.43. The van der Waals surface area contributed by atoms with Gasteiger partial charge in [0.15, 0.2) is 0 Å². The monoisotopic (exact) mass is 442 g/mol. The fourth-order valence-electron chi connectivity index (χ4n) is 4.34. The van der Waals surface area contributed by atoms with Gasteiger partial charge in [-0.15, -0.1) is 0 Å². The summed E-state index contributed by atoms with van der Waals surface area (Å²) >= 11 is 6.44. The first-order valence-corrected chi connectivity index (χ1v) is 11.6. The van der Waals surface area contributed by atoms with E-state index in [1.807, 2.05) is 24.3 Å². The lowest BCUT2D eigenvalue weighted by atomic mass is 9.93. The van der Waals surface area contributed by atoms with E-state index >= 15 is 0 Å². The molecule has 1 N–H and O–H groups in total. The number of benzene rings is 3. The molecule has 1 heterocycles. The predicted octanol–water partition coefficient (Wildman–Crippen LogP) is 5.73. The standard InChI is InChI=1S/C24H23ClO4S/c1-14-6-4-7-15(2)23(14)21-13-19(25)10-18-12-20(29-24(18)21)11-17-8-5-9-22(16(17)3)30(26,27)28/h4-10,13,20H,11-12H2,1-3H3,(H,26,27,28). The van der Waals surface area contributed by atoms with E-state index in [4.69, 9.17) is 16.3 Å². The van der Waals surface area contributed by atoms with E-state index in [1.165, 1.54) is 6.07 Å². The molecule has 0 saturated heterocycles. The molecule has 4 rings (SSSR count). The summed E-state index contributed by atoms with van der Waals surface area (Å²) in [5, 5.41) is 0.667. The summed E-state index contributed by atoms with van der Waals surface area (Å²) in [5.74, 6) is 0.838.